The Hall–Kier alpha value is -4.78. The molecule has 5 rings (SSSR count). The lowest BCUT2D eigenvalue weighted by Gasteiger charge is -2.19. The SMILES string of the molecule is CC(=O)NCC(NC(=O)c1cn(-c2nc(Nc3ccc4c(c3)OC(F)(F)O4)ncc2C)cn1)c1cccc(Cl)c1. The van der Waals surface area contributed by atoms with Gasteiger partial charge in [0.15, 0.2) is 11.5 Å². The Bertz CT molecular complexity index is 1600. The zero-order chi connectivity index (χ0) is 28.4. The predicted octanol–water partition coefficient (Wildman–Crippen LogP) is 4.30. The second kappa shape index (κ2) is 10.8. The van der Waals surface area contributed by atoms with Crippen LogP contribution in [0.2, 0.25) is 5.02 Å². The second-order valence-electron chi connectivity index (χ2n) is 8.84. The number of halogens is 3. The molecule has 2 aromatic carbocycles. The Balaban J connectivity index is 1.33. The van der Waals surface area contributed by atoms with Crippen molar-refractivity contribution < 1.29 is 27.8 Å². The van der Waals surface area contributed by atoms with Crippen molar-refractivity contribution in [2.45, 2.75) is 26.2 Å². The number of imidazole rings is 1. The molecule has 3 N–H and O–H groups in total. The van der Waals surface area contributed by atoms with Crippen molar-refractivity contribution in [3.05, 3.63) is 83.0 Å². The summed E-state index contributed by atoms with van der Waals surface area (Å²) >= 11 is 6.12. The highest BCUT2D eigenvalue weighted by atomic mass is 35.5. The number of nitrogens with zero attached hydrogens (tertiary/aromatic N) is 4. The number of benzene rings is 2. The van der Waals surface area contributed by atoms with Crippen LogP contribution in [0.15, 0.2) is 61.2 Å². The molecule has 40 heavy (non-hydrogen) atoms. The Kier molecular flexibility index (Phi) is 7.22. The maximum absolute atomic E-state index is 13.3. The van der Waals surface area contributed by atoms with Crippen LogP contribution in [0.5, 0.6) is 11.5 Å². The number of hydrogen-bond acceptors (Lipinski definition) is 8. The molecule has 0 spiro atoms. The number of aromatic nitrogens is 4. The van der Waals surface area contributed by atoms with Gasteiger partial charge in [-0.05, 0) is 36.8 Å². The topological polar surface area (TPSA) is 132 Å². The molecule has 2 aromatic heterocycles. The number of aryl methyl sites for hydroxylation is 1. The average Bonchev–Trinajstić information content (AvgIpc) is 3.50. The molecule has 1 unspecified atom stereocenters. The van der Waals surface area contributed by atoms with Crippen molar-refractivity contribution in [3.63, 3.8) is 0 Å². The van der Waals surface area contributed by atoms with Crippen molar-refractivity contribution in [1.29, 1.82) is 0 Å². The first-order valence-electron chi connectivity index (χ1n) is 11.9. The summed E-state index contributed by atoms with van der Waals surface area (Å²) in [6.45, 7) is 3.32. The summed E-state index contributed by atoms with van der Waals surface area (Å²) in [5, 5.41) is 9.01. The Labute approximate surface area is 231 Å². The average molecular weight is 570 g/mol. The van der Waals surface area contributed by atoms with Crippen molar-refractivity contribution in [1.82, 2.24) is 30.2 Å². The largest absolute Gasteiger partial charge is 0.586 e. The van der Waals surface area contributed by atoms with E-state index in [0.717, 1.165) is 0 Å². The number of alkyl halides is 2. The van der Waals surface area contributed by atoms with Gasteiger partial charge in [-0.15, -0.1) is 8.78 Å². The molecule has 1 atom stereocenters. The van der Waals surface area contributed by atoms with Crippen LogP contribution < -0.4 is 25.4 Å². The quantitative estimate of drug-likeness (QED) is 0.286. The third-order valence-electron chi connectivity index (χ3n) is 5.77. The molecular weight excluding hydrogens is 548 g/mol. The fraction of sp³-hybridized carbons (Fsp3) is 0.192. The molecule has 0 fully saturated rings. The number of nitrogens with one attached hydrogen (secondary N) is 3. The number of ether oxygens (including phenoxy) is 2. The first-order chi connectivity index (χ1) is 19.1. The second-order valence-corrected chi connectivity index (χ2v) is 9.27. The van der Waals surface area contributed by atoms with Crippen molar-refractivity contribution >= 4 is 35.1 Å². The molecule has 11 nitrogen and oxygen atoms in total. The van der Waals surface area contributed by atoms with Gasteiger partial charge >= 0.3 is 6.29 Å². The van der Waals surface area contributed by atoms with E-state index in [1.807, 2.05) is 0 Å². The molecule has 0 saturated carbocycles. The number of hydrogen-bond donors (Lipinski definition) is 3. The Morgan fingerprint density at radius 3 is 2.70 bits per heavy atom. The zero-order valence-electron chi connectivity index (χ0n) is 21.1. The van der Waals surface area contributed by atoms with Gasteiger partial charge in [-0.25, -0.2) is 9.97 Å². The lowest BCUT2D eigenvalue weighted by molar-refractivity contribution is -0.286. The van der Waals surface area contributed by atoms with Crippen LogP contribution >= 0.6 is 11.6 Å². The number of anilines is 2. The molecule has 1 aliphatic heterocycles. The van der Waals surface area contributed by atoms with Crippen LogP contribution in [0.4, 0.5) is 20.4 Å². The first kappa shape index (κ1) is 26.8. The zero-order valence-corrected chi connectivity index (χ0v) is 21.9. The highest BCUT2D eigenvalue weighted by Crippen LogP contribution is 2.42. The monoisotopic (exact) mass is 569 g/mol. The van der Waals surface area contributed by atoms with Crippen LogP contribution in [0.1, 0.15) is 34.6 Å². The smallest absolute Gasteiger partial charge is 0.395 e. The normalized spacial score (nSPS) is 13.9. The highest BCUT2D eigenvalue weighted by molar-refractivity contribution is 6.30. The van der Waals surface area contributed by atoms with E-state index < -0.39 is 18.2 Å². The molecule has 0 saturated heterocycles. The number of carbonyl (C=O) groups is 2. The van der Waals surface area contributed by atoms with E-state index in [0.29, 0.717) is 27.7 Å². The van der Waals surface area contributed by atoms with E-state index >= 15 is 0 Å². The molecule has 4 aromatic rings. The van der Waals surface area contributed by atoms with Crippen LogP contribution in [0, 0.1) is 6.92 Å². The minimum absolute atomic E-state index is 0.0834. The van der Waals surface area contributed by atoms with E-state index in [2.05, 4.69) is 40.4 Å². The van der Waals surface area contributed by atoms with Gasteiger partial charge in [0.2, 0.25) is 11.9 Å². The number of carbonyl (C=O) groups excluding carboxylic acids is 2. The molecule has 0 bridgehead atoms. The summed E-state index contributed by atoms with van der Waals surface area (Å²) in [6.07, 6.45) is 0.773. The minimum Gasteiger partial charge on any atom is -0.395 e. The van der Waals surface area contributed by atoms with Crippen molar-refractivity contribution in [3.8, 4) is 17.3 Å². The van der Waals surface area contributed by atoms with Crippen LogP contribution in [-0.2, 0) is 4.79 Å². The summed E-state index contributed by atoms with van der Waals surface area (Å²) in [5.74, 6) is -0.324. The lowest BCUT2D eigenvalue weighted by atomic mass is 10.1. The van der Waals surface area contributed by atoms with Crippen LogP contribution in [-0.4, -0.2) is 44.2 Å². The lowest BCUT2D eigenvalue weighted by Crippen LogP contribution is -2.37. The Morgan fingerprint density at radius 1 is 1.12 bits per heavy atom. The van der Waals surface area contributed by atoms with E-state index in [1.165, 1.54) is 37.6 Å². The highest BCUT2D eigenvalue weighted by Gasteiger charge is 2.43. The summed E-state index contributed by atoms with van der Waals surface area (Å²) < 4.78 is 37.1. The molecule has 0 aliphatic carbocycles. The molecular formula is C26H22ClF2N7O4. The van der Waals surface area contributed by atoms with Gasteiger partial charge in [-0.3, -0.25) is 14.2 Å². The molecule has 2 amide bonds. The molecule has 0 radical (unpaired) electrons. The predicted molar refractivity (Wildman–Crippen MR) is 140 cm³/mol. The van der Waals surface area contributed by atoms with Gasteiger partial charge in [0.25, 0.3) is 5.91 Å². The third-order valence-corrected chi connectivity index (χ3v) is 6.01. The fourth-order valence-corrected chi connectivity index (χ4v) is 4.12. The molecule has 14 heteroatoms. The minimum atomic E-state index is -3.72. The van der Waals surface area contributed by atoms with Crippen LogP contribution in [0.25, 0.3) is 5.82 Å². The van der Waals surface area contributed by atoms with E-state index in [9.17, 15) is 18.4 Å². The van der Waals surface area contributed by atoms with Gasteiger partial charge in [-0.1, -0.05) is 23.7 Å². The summed E-state index contributed by atoms with van der Waals surface area (Å²) in [6, 6.07) is 10.6. The molecule has 3 heterocycles. The summed E-state index contributed by atoms with van der Waals surface area (Å²) in [7, 11) is 0. The fourth-order valence-electron chi connectivity index (χ4n) is 3.92. The van der Waals surface area contributed by atoms with E-state index in [4.69, 9.17) is 11.6 Å². The Morgan fingerprint density at radius 2 is 1.93 bits per heavy atom. The van der Waals surface area contributed by atoms with Gasteiger partial charge < -0.3 is 25.4 Å². The number of amides is 2. The van der Waals surface area contributed by atoms with E-state index in [-0.39, 0.29) is 35.6 Å². The van der Waals surface area contributed by atoms with Crippen LogP contribution in [0.3, 0.4) is 0 Å². The maximum Gasteiger partial charge on any atom is 0.586 e. The summed E-state index contributed by atoms with van der Waals surface area (Å²) in [4.78, 5) is 37.5. The van der Waals surface area contributed by atoms with Crippen molar-refractivity contribution in [2.24, 2.45) is 0 Å². The van der Waals surface area contributed by atoms with Gasteiger partial charge in [-0.2, -0.15) is 4.98 Å². The number of rotatable bonds is 8. The van der Waals surface area contributed by atoms with E-state index in [1.54, 1.807) is 42.0 Å². The first-order valence-corrected chi connectivity index (χ1v) is 12.3. The third kappa shape index (κ3) is 6.10. The standard InChI is InChI=1S/C26H22ClF2N7O4/c1-14-10-31-25(33-18-6-7-21-22(9-18)40-26(28,29)39-21)35-23(14)36-12-20(32-13-36)24(38)34-19(11-30-15(2)37)16-4-3-5-17(27)8-16/h3-10,12-13,19H,11H2,1-2H3,(H,30,37)(H,34,38)(H,31,33,35). The summed E-state index contributed by atoms with van der Waals surface area (Å²) in [5.41, 5.74) is 1.90. The molecule has 1 aliphatic rings. The van der Waals surface area contributed by atoms with Gasteiger partial charge in [0, 0.05) is 48.2 Å². The molecule has 206 valence electrons. The van der Waals surface area contributed by atoms with Gasteiger partial charge in [0.05, 0.1) is 6.04 Å². The maximum atomic E-state index is 13.3. The van der Waals surface area contributed by atoms with Crippen molar-refractivity contribution in [2.75, 3.05) is 11.9 Å². The van der Waals surface area contributed by atoms with Gasteiger partial charge in [0.1, 0.15) is 17.8 Å². The number of fused-ring (bicyclic) bond motifs is 1.